The van der Waals surface area contributed by atoms with Crippen molar-refractivity contribution in [2.45, 2.75) is 85.1 Å². The molecule has 3 heteroatoms. The largest absolute Gasteiger partial charge is 0.315 e. The van der Waals surface area contributed by atoms with Gasteiger partial charge in [0.25, 0.3) is 0 Å². The summed E-state index contributed by atoms with van der Waals surface area (Å²) in [6, 6.07) is 6.59. The number of quaternary nitrogens is 1. The van der Waals surface area contributed by atoms with Crippen LogP contribution in [0.15, 0.2) is 18.2 Å². The van der Waals surface area contributed by atoms with E-state index in [4.69, 9.17) is 0 Å². The summed E-state index contributed by atoms with van der Waals surface area (Å²) in [5.41, 5.74) is 3.80. The molecule has 1 fully saturated rings. The minimum Gasteiger partial charge on any atom is -0.315 e. The first-order valence-corrected chi connectivity index (χ1v) is 10.5. The van der Waals surface area contributed by atoms with Gasteiger partial charge in [-0.3, -0.25) is 4.79 Å². The Morgan fingerprint density at radius 1 is 1.04 bits per heavy atom. The summed E-state index contributed by atoms with van der Waals surface area (Å²) in [6.07, 6.45) is 9.18. The maximum atomic E-state index is 13.5. The van der Waals surface area contributed by atoms with Gasteiger partial charge in [-0.15, -0.1) is 0 Å². The van der Waals surface area contributed by atoms with Gasteiger partial charge in [0, 0.05) is 45.6 Å². The Morgan fingerprint density at radius 3 is 2.19 bits per heavy atom. The number of Topliss-reactive ketones (excluding diaryl/α,β-unsaturated/α-hetero) is 1. The third kappa shape index (κ3) is 5.98. The summed E-state index contributed by atoms with van der Waals surface area (Å²) in [6.45, 7) is 12.4. The fourth-order valence-corrected chi connectivity index (χ4v) is 4.74. The minimum atomic E-state index is 0. The Labute approximate surface area is 186 Å². The Morgan fingerprint density at radius 2 is 1.65 bits per heavy atom. The number of piperidine rings is 1. The molecule has 0 aromatic heterocycles. The normalized spacial score (nSPS) is 17.4. The molecular weight excluding hydrogens is 395 g/mol. The number of carbonyl (C=O) groups is 1. The van der Waals surface area contributed by atoms with Crippen LogP contribution < -0.4 is 0 Å². The maximum absolute atomic E-state index is 13.5. The van der Waals surface area contributed by atoms with Gasteiger partial charge in [-0.1, -0.05) is 44.9 Å². The van der Waals surface area contributed by atoms with Crippen LogP contribution in [0.2, 0.25) is 0 Å². The summed E-state index contributed by atoms with van der Waals surface area (Å²) in [5.74, 6) is 0.484. The smallest absolute Gasteiger partial charge is 0.194 e. The molecule has 1 saturated heterocycles. The second-order valence-electron chi connectivity index (χ2n) is 8.12. The van der Waals surface area contributed by atoms with Crippen molar-refractivity contribution >= 4 is 5.78 Å². The number of nitrogens with zero attached hydrogens (tertiary/aromatic N) is 1. The predicted octanol–water partition coefficient (Wildman–Crippen LogP) is 5.38. The summed E-state index contributed by atoms with van der Waals surface area (Å²) < 4.78 is 1.07. The van der Waals surface area contributed by atoms with Crippen LogP contribution in [0.3, 0.4) is 0 Å². The first-order chi connectivity index (χ1) is 12.0. The van der Waals surface area contributed by atoms with Crippen LogP contribution in [-0.2, 0) is 43.9 Å². The average Bonchev–Trinajstić information content (AvgIpc) is 2.61. The average molecular weight is 433 g/mol. The van der Waals surface area contributed by atoms with Crippen LogP contribution in [-0.4, -0.2) is 35.9 Å². The number of carbonyl (C=O) groups excluding carboxylic acids is 1. The van der Waals surface area contributed by atoms with E-state index in [0.29, 0.717) is 12.2 Å². The molecule has 143 valence electrons. The Bertz CT molecular complexity index is 543. The van der Waals surface area contributed by atoms with E-state index in [1.165, 1.54) is 68.4 Å². The van der Waals surface area contributed by atoms with E-state index in [0.717, 1.165) is 17.3 Å². The molecule has 0 aliphatic carbocycles. The molecule has 1 atom stereocenters. The second-order valence-corrected chi connectivity index (χ2v) is 8.12. The van der Waals surface area contributed by atoms with Crippen LogP contribution >= 0.6 is 0 Å². The van der Waals surface area contributed by atoms with Gasteiger partial charge in [-0.05, 0) is 56.2 Å². The summed E-state index contributed by atoms with van der Waals surface area (Å²) in [5, 5.41) is 0. The molecule has 1 aliphatic rings. The summed E-state index contributed by atoms with van der Waals surface area (Å²) >= 11 is 0. The molecular formula is C23H38NOY+. The molecule has 2 rings (SSSR count). The number of aryl methyl sites for hydroxylation is 2. The third-order valence-corrected chi connectivity index (χ3v) is 6.25. The van der Waals surface area contributed by atoms with Crippen molar-refractivity contribution in [2.75, 3.05) is 19.6 Å². The number of hydrogen-bond donors (Lipinski definition) is 0. The third-order valence-electron chi connectivity index (χ3n) is 6.25. The van der Waals surface area contributed by atoms with Crippen LogP contribution in [0.4, 0.5) is 0 Å². The Balaban J connectivity index is 0.00000338. The van der Waals surface area contributed by atoms with E-state index in [1.807, 2.05) is 0 Å². The molecule has 0 amide bonds. The van der Waals surface area contributed by atoms with E-state index in [9.17, 15) is 4.79 Å². The van der Waals surface area contributed by atoms with Crippen molar-refractivity contribution < 1.29 is 42.0 Å². The van der Waals surface area contributed by atoms with Gasteiger partial charge in [0.2, 0.25) is 0 Å². The summed E-state index contributed by atoms with van der Waals surface area (Å²) in [4.78, 5) is 13.5. The van der Waals surface area contributed by atoms with Gasteiger partial charge < -0.3 is 4.48 Å². The van der Waals surface area contributed by atoms with Gasteiger partial charge in [0.05, 0.1) is 19.6 Å². The van der Waals surface area contributed by atoms with Gasteiger partial charge in [0.15, 0.2) is 5.78 Å². The fourth-order valence-electron chi connectivity index (χ4n) is 4.74. The van der Waals surface area contributed by atoms with Crippen molar-refractivity contribution in [1.29, 1.82) is 0 Å². The first-order valence-electron chi connectivity index (χ1n) is 10.5. The fraction of sp³-hybridized carbons (Fsp3) is 0.696. The van der Waals surface area contributed by atoms with Crippen molar-refractivity contribution in [2.24, 2.45) is 0 Å². The quantitative estimate of drug-likeness (QED) is 0.478. The zero-order chi connectivity index (χ0) is 18.3. The van der Waals surface area contributed by atoms with E-state index >= 15 is 0 Å². The number of benzene rings is 1. The van der Waals surface area contributed by atoms with Crippen LogP contribution in [0.25, 0.3) is 0 Å². The number of rotatable bonds is 9. The topological polar surface area (TPSA) is 17.1 Å². The van der Waals surface area contributed by atoms with Crippen molar-refractivity contribution in [3.05, 3.63) is 34.9 Å². The SMILES string of the molecule is CCCC[N+]1([C@H](CCC)C(=O)Cc2c(C)cccc2C)CCCCC1.[Y]. The molecule has 1 aromatic carbocycles. The maximum Gasteiger partial charge on any atom is 0.194 e. The standard InChI is InChI=1S/C23H38NO.Y/c1-5-7-15-24(16-9-8-10-17-24)22(12-6-2)23(25)18-21-19(3)13-11-14-20(21)4;/h11,13-14,22H,5-10,12,15-18H2,1-4H3;/q+1;/t22-;/m1./s1. The van der Waals surface area contributed by atoms with E-state index in [-0.39, 0.29) is 38.8 Å². The van der Waals surface area contributed by atoms with E-state index in [2.05, 4.69) is 45.9 Å². The molecule has 1 aromatic rings. The molecule has 1 radical (unpaired) electrons. The molecule has 1 aliphatic heterocycles. The number of hydrogen-bond acceptors (Lipinski definition) is 1. The first kappa shape index (κ1) is 24.0. The molecule has 2 nitrogen and oxygen atoms in total. The minimum absolute atomic E-state index is 0. The van der Waals surface area contributed by atoms with Crippen molar-refractivity contribution in [1.82, 2.24) is 0 Å². The summed E-state index contributed by atoms with van der Waals surface area (Å²) in [7, 11) is 0. The number of likely N-dealkylation sites (tertiary alicyclic amines) is 1. The molecule has 1 heterocycles. The molecule has 0 saturated carbocycles. The van der Waals surface area contributed by atoms with Crippen LogP contribution in [0.1, 0.15) is 75.5 Å². The molecule has 0 bridgehead atoms. The van der Waals surface area contributed by atoms with Crippen molar-refractivity contribution in [3.8, 4) is 0 Å². The van der Waals surface area contributed by atoms with Gasteiger partial charge in [0.1, 0.15) is 6.04 Å². The van der Waals surface area contributed by atoms with Crippen molar-refractivity contribution in [3.63, 3.8) is 0 Å². The molecule has 0 N–H and O–H groups in total. The van der Waals surface area contributed by atoms with Crippen LogP contribution in [0.5, 0.6) is 0 Å². The number of unbranched alkanes of at least 4 members (excludes halogenated alkanes) is 1. The van der Waals surface area contributed by atoms with Gasteiger partial charge in [-0.2, -0.15) is 0 Å². The van der Waals surface area contributed by atoms with Gasteiger partial charge in [-0.25, -0.2) is 0 Å². The molecule has 0 unspecified atom stereocenters. The monoisotopic (exact) mass is 433 g/mol. The Hall–Kier alpha value is -0.0461. The van der Waals surface area contributed by atoms with Gasteiger partial charge >= 0.3 is 0 Å². The predicted molar refractivity (Wildman–Crippen MR) is 107 cm³/mol. The number of ketones is 1. The van der Waals surface area contributed by atoms with E-state index in [1.54, 1.807) is 0 Å². The van der Waals surface area contributed by atoms with Crippen LogP contribution in [0, 0.1) is 13.8 Å². The zero-order valence-corrected chi connectivity index (χ0v) is 20.4. The zero-order valence-electron chi connectivity index (χ0n) is 17.5. The van der Waals surface area contributed by atoms with E-state index < -0.39 is 0 Å². The molecule has 0 spiro atoms. The Kier molecular flexibility index (Phi) is 10.8. The second kappa shape index (κ2) is 11.7. The molecule has 26 heavy (non-hydrogen) atoms.